The lowest BCUT2D eigenvalue weighted by Crippen LogP contribution is -2.30. The van der Waals surface area contributed by atoms with Crippen molar-refractivity contribution in [1.82, 2.24) is 4.90 Å². The molecule has 0 saturated carbocycles. The fraction of sp³-hybridized carbons (Fsp3) is 0.188. The number of rotatable bonds is 5. The van der Waals surface area contributed by atoms with Gasteiger partial charge in [0, 0.05) is 13.6 Å². The van der Waals surface area contributed by atoms with Crippen LogP contribution in [-0.4, -0.2) is 34.7 Å². The van der Waals surface area contributed by atoms with E-state index in [-0.39, 0.29) is 0 Å². The molecule has 0 fully saturated rings. The molecule has 1 amide bonds. The molecule has 0 heterocycles. The molecule has 0 atom stereocenters. The number of Topliss-reactive ketones (excluding diaryl/α,β-unsaturated/α-hetero) is 1. The highest BCUT2D eigenvalue weighted by Crippen LogP contribution is 2.16. The van der Waals surface area contributed by atoms with Gasteiger partial charge in [-0.05, 0) is 22.4 Å². The minimum atomic E-state index is -1.58. The summed E-state index contributed by atoms with van der Waals surface area (Å²) in [7, 11) is 1.55. The highest BCUT2D eigenvalue weighted by Gasteiger charge is 2.19. The molecule has 2 aromatic carbocycles. The van der Waals surface area contributed by atoms with Gasteiger partial charge in [0.2, 0.25) is 11.7 Å². The van der Waals surface area contributed by atoms with Crippen LogP contribution in [0.4, 0.5) is 0 Å². The van der Waals surface area contributed by atoms with E-state index in [9.17, 15) is 14.4 Å². The highest BCUT2D eigenvalue weighted by atomic mass is 16.4. The molecule has 2 rings (SSSR count). The zero-order valence-electron chi connectivity index (χ0n) is 11.6. The predicted octanol–water partition coefficient (Wildman–Crippen LogP) is 1.84. The fourth-order valence-electron chi connectivity index (χ4n) is 2.05. The van der Waals surface area contributed by atoms with Crippen molar-refractivity contribution < 1.29 is 19.5 Å². The third-order valence-electron chi connectivity index (χ3n) is 3.21. The summed E-state index contributed by atoms with van der Waals surface area (Å²) in [5.74, 6) is -3.18. The Morgan fingerprint density at radius 2 is 1.71 bits per heavy atom. The Morgan fingerprint density at radius 1 is 1.05 bits per heavy atom. The lowest BCUT2D eigenvalue weighted by Gasteiger charge is -2.16. The Labute approximate surface area is 121 Å². The number of ketones is 1. The van der Waals surface area contributed by atoms with E-state index in [4.69, 9.17) is 5.11 Å². The molecular weight excluding hydrogens is 270 g/mol. The van der Waals surface area contributed by atoms with Gasteiger partial charge in [0.05, 0.1) is 6.42 Å². The summed E-state index contributed by atoms with van der Waals surface area (Å²) in [6.45, 7) is 0.330. The molecule has 0 aromatic heterocycles. The summed E-state index contributed by atoms with van der Waals surface area (Å²) >= 11 is 0. The molecule has 0 saturated heterocycles. The standard InChI is InChI=1S/C16H15NO4/c1-17(15(19)9-14(18)16(20)21)10-11-6-7-12-4-2-3-5-13(12)8-11/h2-8H,9-10H2,1H3,(H,20,21). The Balaban J connectivity index is 2.07. The SMILES string of the molecule is CN(Cc1ccc2ccccc2c1)C(=O)CC(=O)C(=O)O. The van der Waals surface area contributed by atoms with E-state index >= 15 is 0 Å². The van der Waals surface area contributed by atoms with Gasteiger partial charge in [-0.3, -0.25) is 9.59 Å². The lowest BCUT2D eigenvalue weighted by atomic mass is 10.1. The average Bonchev–Trinajstić information content (AvgIpc) is 2.46. The first-order chi connectivity index (χ1) is 9.97. The maximum Gasteiger partial charge on any atom is 0.372 e. The van der Waals surface area contributed by atoms with Crippen LogP contribution in [-0.2, 0) is 20.9 Å². The highest BCUT2D eigenvalue weighted by molar-refractivity contribution is 6.36. The molecule has 1 N–H and O–H groups in total. The Morgan fingerprint density at radius 3 is 2.38 bits per heavy atom. The fourth-order valence-corrected chi connectivity index (χ4v) is 2.05. The molecule has 5 nitrogen and oxygen atoms in total. The van der Waals surface area contributed by atoms with Gasteiger partial charge in [-0.15, -0.1) is 0 Å². The normalized spacial score (nSPS) is 10.3. The molecule has 5 heteroatoms. The molecule has 0 spiro atoms. The van der Waals surface area contributed by atoms with Gasteiger partial charge in [0.25, 0.3) is 0 Å². The van der Waals surface area contributed by atoms with Gasteiger partial charge < -0.3 is 10.0 Å². The van der Waals surface area contributed by atoms with Crippen molar-refractivity contribution in [3.05, 3.63) is 48.0 Å². The summed E-state index contributed by atoms with van der Waals surface area (Å²) in [5, 5.41) is 10.7. The lowest BCUT2D eigenvalue weighted by molar-refractivity contribution is -0.151. The second-order valence-electron chi connectivity index (χ2n) is 4.84. The van der Waals surface area contributed by atoms with Gasteiger partial charge in [0.1, 0.15) is 0 Å². The first kappa shape index (κ1) is 14.7. The summed E-state index contributed by atoms with van der Waals surface area (Å²) in [5.41, 5.74) is 0.923. The van der Waals surface area contributed by atoms with Gasteiger partial charge in [-0.1, -0.05) is 36.4 Å². The zero-order valence-corrected chi connectivity index (χ0v) is 11.6. The molecule has 0 radical (unpaired) electrons. The molecule has 0 aliphatic heterocycles. The first-order valence-electron chi connectivity index (χ1n) is 6.45. The molecule has 0 aliphatic carbocycles. The minimum absolute atomic E-state index is 0.330. The number of benzene rings is 2. The zero-order chi connectivity index (χ0) is 15.4. The number of aliphatic carboxylic acids is 1. The maximum atomic E-state index is 11.8. The summed E-state index contributed by atoms with van der Waals surface area (Å²) in [6, 6.07) is 13.7. The molecule has 0 unspecified atom stereocenters. The van der Waals surface area contributed by atoms with E-state index in [2.05, 4.69) is 0 Å². The van der Waals surface area contributed by atoms with Gasteiger partial charge in [-0.2, -0.15) is 0 Å². The topological polar surface area (TPSA) is 74.7 Å². The van der Waals surface area contributed by atoms with Crippen molar-refractivity contribution in [3.8, 4) is 0 Å². The summed E-state index contributed by atoms with van der Waals surface area (Å²) in [6.07, 6.45) is -0.612. The number of carboxylic acids is 1. The van der Waals surface area contributed by atoms with Crippen LogP contribution < -0.4 is 0 Å². The number of carbonyl (C=O) groups is 3. The van der Waals surface area contributed by atoms with Crippen LogP contribution in [0.15, 0.2) is 42.5 Å². The second-order valence-corrected chi connectivity index (χ2v) is 4.84. The van der Waals surface area contributed by atoms with Crippen LogP contribution in [0.25, 0.3) is 10.8 Å². The van der Waals surface area contributed by atoms with Crippen molar-refractivity contribution in [2.45, 2.75) is 13.0 Å². The van der Waals surface area contributed by atoms with Crippen LogP contribution in [0.1, 0.15) is 12.0 Å². The predicted molar refractivity (Wildman–Crippen MR) is 77.7 cm³/mol. The smallest absolute Gasteiger partial charge is 0.372 e. The van der Waals surface area contributed by atoms with Crippen LogP contribution in [0.2, 0.25) is 0 Å². The molecule has 2 aromatic rings. The molecule has 0 bridgehead atoms. The summed E-state index contributed by atoms with van der Waals surface area (Å²) < 4.78 is 0. The van der Waals surface area contributed by atoms with Gasteiger partial charge >= 0.3 is 5.97 Å². The minimum Gasteiger partial charge on any atom is -0.475 e. The average molecular weight is 285 g/mol. The number of fused-ring (bicyclic) bond motifs is 1. The third kappa shape index (κ3) is 3.66. The number of nitrogens with zero attached hydrogens (tertiary/aromatic N) is 1. The van der Waals surface area contributed by atoms with Crippen molar-refractivity contribution in [2.24, 2.45) is 0 Å². The van der Waals surface area contributed by atoms with E-state index in [1.165, 1.54) is 4.90 Å². The molecule has 108 valence electrons. The largest absolute Gasteiger partial charge is 0.475 e. The van der Waals surface area contributed by atoms with E-state index in [0.717, 1.165) is 16.3 Å². The van der Waals surface area contributed by atoms with Crippen molar-refractivity contribution in [3.63, 3.8) is 0 Å². The van der Waals surface area contributed by atoms with Crippen molar-refractivity contribution >= 4 is 28.4 Å². The van der Waals surface area contributed by atoms with E-state index in [0.29, 0.717) is 6.54 Å². The number of carbonyl (C=O) groups excluding carboxylic acids is 2. The monoisotopic (exact) mass is 285 g/mol. The first-order valence-corrected chi connectivity index (χ1v) is 6.45. The molecule has 21 heavy (non-hydrogen) atoms. The van der Waals surface area contributed by atoms with Crippen LogP contribution >= 0.6 is 0 Å². The molecule has 0 aliphatic rings. The Hall–Kier alpha value is -2.69. The summed E-state index contributed by atoms with van der Waals surface area (Å²) in [4.78, 5) is 34.6. The molecular formula is C16H15NO4. The maximum absolute atomic E-state index is 11.8. The third-order valence-corrected chi connectivity index (χ3v) is 3.21. The number of amides is 1. The van der Waals surface area contributed by atoms with E-state index < -0.39 is 24.1 Å². The van der Waals surface area contributed by atoms with Crippen LogP contribution in [0, 0.1) is 0 Å². The van der Waals surface area contributed by atoms with Crippen LogP contribution in [0.3, 0.4) is 0 Å². The van der Waals surface area contributed by atoms with Gasteiger partial charge in [-0.25, -0.2) is 4.79 Å². The van der Waals surface area contributed by atoms with Crippen molar-refractivity contribution in [1.29, 1.82) is 0 Å². The van der Waals surface area contributed by atoms with Crippen molar-refractivity contribution in [2.75, 3.05) is 7.05 Å². The van der Waals surface area contributed by atoms with E-state index in [1.807, 2.05) is 42.5 Å². The Bertz CT molecular complexity index is 708. The van der Waals surface area contributed by atoms with Gasteiger partial charge in [0.15, 0.2) is 0 Å². The second kappa shape index (κ2) is 6.17. The number of hydrogen-bond acceptors (Lipinski definition) is 3. The number of carboxylic acid groups (broad SMARTS) is 1. The van der Waals surface area contributed by atoms with Crippen LogP contribution in [0.5, 0.6) is 0 Å². The van der Waals surface area contributed by atoms with E-state index in [1.54, 1.807) is 7.05 Å². The Kier molecular flexibility index (Phi) is 4.33. The number of hydrogen-bond donors (Lipinski definition) is 1. The quantitative estimate of drug-likeness (QED) is 0.672.